The van der Waals surface area contributed by atoms with Gasteiger partial charge in [0.05, 0.1) is 0 Å². The van der Waals surface area contributed by atoms with Crippen LogP contribution in [0.5, 0.6) is 0 Å². The molecule has 1 aliphatic rings. The minimum Gasteiger partial charge on any atom is -0.0654 e. The lowest BCUT2D eigenvalue weighted by molar-refractivity contribution is 0.264. The first kappa shape index (κ1) is 11.1. The Labute approximate surface area is 84.1 Å². The molecule has 0 aromatic heterocycles. The van der Waals surface area contributed by atoms with Gasteiger partial charge in [0.1, 0.15) is 0 Å². The quantitative estimate of drug-likeness (QED) is 0.537. The van der Waals surface area contributed by atoms with Crippen LogP contribution in [0.1, 0.15) is 71.6 Å². The van der Waals surface area contributed by atoms with Crippen molar-refractivity contribution in [3.8, 4) is 0 Å². The van der Waals surface area contributed by atoms with Crippen LogP contribution in [0.4, 0.5) is 0 Å². The van der Waals surface area contributed by atoms with Crippen LogP contribution in [-0.2, 0) is 0 Å². The van der Waals surface area contributed by atoms with Crippen LogP contribution in [-0.4, -0.2) is 0 Å². The third-order valence-electron chi connectivity index (χ3n) is 3.51. The summed E-state index contributed by atoms with van der Waals surface area (Å²) >= 11 is 0. The summed E-state index contributed by atoms with van der Waals surface area (Å²) in [4.78, 5) is 0. The average molecular weight is 182 g/mol. The molecule has 1 saturated carbocycles. The zero-order valence-corrected chi connectivity index (χ0v) is 9.52. The Morgan fingerprint density at radius 3 is 2.62 bits per heavy atom. The summed E-state index contributed by atoms with van der Waals surface area (Å²) in [6, 6.07) is 0. The highest BCUT2D eigenvalue weighted by molar-refractivity contribution is 4.70. The normalized spacial score (nSPS) is 29.1. The molecule has 0 heterocycles. The Kier molecular flexibility index (Phi) is 5.50. The standard InChI is InChI=1S/C13H26/c1-3-4-5-6-9-13-10-7-8-12(2)11-13/h12-13H,3-11H2,1-2H3/t12-,13+/m1/s1. The zero-order chi connectivity index (χ0) is 9.52. The number of unbranched alkanes of at least 4 members (excludes halogenated alkanes) is 3. The van der Waals surface area contributed by atoms with Crippen molar-refractivity contribution in [1.82, 2.24) is 0 Å². The first-order valence-corrected chi connectivity index (χ1v) is 6.33. The van der Waals surface area contributed by atoms with Gasteiger partial charge in [-0.2, -0.15) is 0 Å². The van der Waals surface area contributed by atoms with Crippen molar-refractivity contribution in [3.63, 3.8) is 0 Å². The van der Waals surface area contributed by atoms with Crippen molar-refractivity contribution < 1.29 is 0 Å². The molecule has 1 fully saturated rings. The van der Waals surface area contributed by atoms with Gasteiger partial charge < -0.3 is 0 Å². The van der Waals surface area contributed by atoms with Gasteiger partial charge in [-0.05, 0) is 18.3 Å². The molecule has 1 aliphatic carbocycles. The maximum absolute atomic E-state index is 2.43. The molecule has 2 atom stereocenters. The lowest BCUT2D eigenvalue weighted by Crippen LogP contribution is -2.12. The first-order chi connectivity index (χ1) is 6.33. The molecule has 0 saturated heterocycles. The average Bonchev–Trinajstić information content (AvgIpc) is 2.13. The summed E-state index contributed by atoms with van der Waals surface area (Å²) in [6.07, 6.45) is 13.3. The molecule has 0 bridgehead atoms. The third kappa shape index (κ3) is 4.69. The molecule has 1 rings (SSSR count). The minimum atomic E-state index is 1.02. The van der Waals surface area contributed by atoms with Crippen LogP contribution < -0.4 is 0 Å². The van der Waals surface area contributed by atoms with Crippen molar-refractivity contribution in [2.75, 3.05) is 0 Å². The van der Waals surface area contributed by atoms with Gasteiger partial charge in [0.2, 0.25) is 0 Å². The minimum absolute atomic E-state index is 1.02. The monoisotopic (exact) mass is 182 g/mol. The Hall–Kier alpha value is 0. The van der Waals surface area contributed by atoms with E-state index in [1.807, 2.05) is 0 Å². The summed E-state index contributed by atoms with van der Waals surface area (Å²) in [5.74, 6) is 2.10. The summed E-state index contributed by atoms with van der Waals surface area (Å²) < 4.78 is 0. The van der Waals surface area contributed by atoms with Crippen molar-refractivity contribution in [2.45, 2.75) is 71.6 Å². The van der Waals surface area contributed by atoms with E-state index in [1.54, 1.807) is 0 Å². The SMILES string of the molecule is CCCCCC[C@H]1CCC[C@@H](C)C1. The lowest BCUT2D eigenvalue weighted by Gasteiger charge is -2.26. The molecule has 0 radical (unpaired) electrons. The number of hydrogen-bond donors (Lipinski definition) is 0. The zero-order valence-electron chi connectivity index (χ0n) is 9.52. The van der Waals surface area contributed by atoms with Gasteiger partial charge in [0.15, 0.2) is 0 Å². The van der Waals surface area contributed by atoms with E-state index >= 15 is 0 Å². The molecular formula is C13H26. The number of hydrogen-bond acceptors (Lipinski definition) is 0. The van der Waals surface area contributed by atoms with Crippen LogP contribution in [0.15, 0.2) is 0 Å². The Morgan fingerprint density at radius 1 is 1.08 bits per heavy atom. The molecular weight excluding hydrogens is 156 g/mol. The van der Waals surface area contributed by atoms with Crippen LogP contribution >= 0.6 is 0 Å². The largest absolute Gasteiger partial charge is 0.0654 e. The van der Waals surface area contributed by atoms with E-state index in [0.29, 0.717) is 0 Å². The molecule has 0 unspecified atom stereocenters. The van der Waals surface area contributed by atoms with Crippen LogP contribution in [0.2, 0.25) is 0 Å². The predicted octanol–water partition coefficient (Wildman–Crippen LogP) is 4.78. The van der Waals surface area contributed by atoms with E-state index in [-0.39, 0.29) is 0 Å². The van der Waals surface area contributed by atoms with Crippen molar-refractivity contribution in [3.05, 3.63) is 0 Å². The summed E-state index contributed by atoms with van der Waals surface area (Å²) in [7, 11) is 0. The van der Waals surface area contributed by atoms with E-state index in [9.17, 15) is 0 Å². The fourth-order valence-electron chi connectivity index (χ4n) is 2.68. The van der Waals surface area contributed by atoms with Crippen molar-refractivity contribution >= 4 is 0 Å². The summed E-state index contributed by atoms with van der Waals surface area (Å²) in [5, 5.41) is 0. The molecule has 0 spiro atoms. The topological polar surface area (TPSA) is 0 Å². The summed E-state index contributed by atoms with van der Waals surface area (Å²) in [5.41, 5.74) is 0. The highest BCUT2D eigenvalue weighted by Crippen LogP contribution is 2.31. The lowest BCUT2D eigenvalue weighted by atomic mass is 9.80. The Morgan fingerprint density at radius 2 is 1.92 bits per heavy atom. The van der Waals surface area contributed by atoms with Gasteiger partial charge in [-0.3, -0.25) is 0 Å². The molecule has 0 aromatic rings. The van der Waals surface area contributed by atoms with Crippen LogP contribution in [0.3, 0.4) is 0 Å². The second-order valence-electron chi connectivity index (χ2n) is 4.99. The van der Waals surface area contributed by atoms with E-state index < -0.39 is 0 Å². The van der Waals surface area contributed by atoms with Crippen LogP contribution in [0, 0.1) is 11.8 Å². The van der Waals surface area contributed by atoms with Gasteiger partial charge in [-0.15, -0.1) is 0 Å². The molecule has 0 nitrogen and oxygen atoms in total. The third-order valence-corrected chi connectivity index (χ3v) is 3.51. The number of rotatable bonds is 5. The van der Waals surface area contributed by atoms with E-state index in [4.69, 9.17) is 0 Å². The highest BCUT2D eigenvalue weighted by Gasteiger charge is 2.17. The maximum Gasteiger partial charge on any atom is -0.0412 e. The van der Waals surface area contributed by atoms with Gasteiger partial charge in [0.25, 0.3) is 0 Å². The second kappa shape index (κ2) is 6.45. The van der Waals surface area contributed by atoms with Crippen LogP contribution in [0.25, 0.3) is 0 Å². The molecule has 0 N–H and O–H groups in total. The van der Waals surface area contributed by atoms with Gasteiger partial charge in [-0.1, -0.05) is 65.2 Å². The molecule has 0 amide bonds. The maximum atomic E-state index is 2.43. The van der Waals surface area contributed by atoms with Crippen molar-refractivity contribution in [2.24, 2.45) is 11.8 Å². The van der Waals surface area contributed by atoms with Gasteiger partial charge in [0, 0.05) is 0 Å². The molecule has 13 heavy (non-hydrogen) atoms. The summed E-state index contributed by atoms with van der Waals surface area (Å²) in [6.45, 7) is 4.72. The Bertz CT molecular complexity index is 117. The fraction of sp³-hybridized carbons (Fsp3) is 1.00. The molecule has 0 heteroatoms. The van der Waals surface area contributed by atoms with Gasteiger partial charge in [-0.25, -0.2) is 0 Å². The predicted molar refractivity (Wildman–Crippen MR) is 59.9 cm³/mol. The molecule has 78 valence electrons. The highest BCUT2D eigenvalue weighted by atomic mass is 14.2. The van der Waals surface area contributed by atoms with Crippen molar-refractivity contribution in [1.29, 1.82) is 0 Å². The first-order valence-electron chi connectivity index (χ1n) is 6.33. The smallest absolute Gasteiger partial charge is 0.0412 e. The molecule has 0 aromatic carbocycles. The van der Waals surface area contributed by atoms with E-state index in [1.165, 1.54) is 57.8 Å². The molecule has 0 aliphatic heterocycles. The second-order valence-corrected chi connectivity index (χ2v) is 4.99. The van der Waals surface area contributed by atoms with E-state index in [0.717, 1.165) is 11.8 Å². The Balaban J connectivity index is 2.00. The van der Waals surface area contributed by atoms with E-state index in [2.05, 4.69) is 13.8 Å². The van der Waals surface area contributed by atoms with Gasteiger partial charge >= 0.3 is 0 Å². The fourth-order valence-corrected chi connectivity index (χ4v) is 2.68.